The molecule has 2 heterocycles. The standard InChI is InChI=1S/C17H21N3O2/c1-13-6-8-20(9-7-13)16-11-17(19-12-18-16)22-15-5-3-4-14(10-15)21-2/h3-5,10-13H,6-9H2,1-2H3. The fourth-order valence-corrected chi connectivity index (χ4v) is 2.58. The molecule has 3 rings (SSSR count). The molecule has 0 bridgehead atoms. The molecule has 1 aliphatic rings. The summed E-state index contributed by atoms with van der Waals surface area (Å²) in [5, 5.41) is 0. The number of aromatic nitrogens is 2. The summed E-state index contributed by atoms with van der Waals surface area (Å²) in [6, 6.07) is 9.39. The zero-order chi connectivity index (χ0) is 15.4. The second kappa shape index (κ2) is 6.64. The fourth-order valence-electron chi connectivity index (χ4n) is 2.58. The average molecular weight is 299 g/mol. The quantitative estimate of drug-likeness (QED) is 0.864. The molecule has 1 aromatic carbocycles. The van der Waals surface area contributed by atoms with Crippen molar-refractivity contribution in [1.82, 2.24) is 9.97 Å². The number of methoxy groups -OCH3 is 1. The number of hydrogen-bond acceptors (Lipinski definition) is 5. The van der Waals surface area contributed by atoms with E-state index in [9.17, 15) is 0 Å². The Morgan fingerprint density at radius 1 is 1.09 bits per heavy atom. The molecule has 0 atom stereocenters. The highest BCUT2D eigenvalue weighted by Crippen LogP contribution is 2.27. The Morgan fingerprint density at radius 2 is 1.86 bits per heavy atom. The minimum Gasteiger partial charge on any atom is -0.497 e. The molecular weight excluding hydrogens is 278 g/mol. The van der Waals surface area contributed by atoms with E-state index in [4.69, 9.17) is 9.47 Å². The topological polar surface area (TPSA) is 47.5 Å². The second-order valence-corrected chi connectivity index (χ2v) is 5.67. The molecule has 0 unspecified atom stereocenters. The molecule has 2 aromatic rings. The summed E-state index contributed by atoms with van der Waals surface area (Å²) in [5.74, 6) is 3.75. The first-order chi connectivity index (χ1) is 10.7. The molecule has 1 fully saturated rings. The Hall–Kier alpha value is -2.30. The van der Waals surface area contributed by atoms with Gasteiger partial charge in [0.2, 0.25) is 5.88 Å². The Labute approximate surface area is 130 Å². The van der Waals surface area contributed by atoms with Crippen LogP contribution in [-0.2, 0) is 0 Å². The summed E-state index contributed by atoms with van der Waals surface area (Å²) in [6.45, 7) is 4.38. The first-order valence-corrected chi connectivity index (χ1v) is 7.63. The monoisotopic (exact) mass is 299 g/mol. The van der Waals surface area contributed by atoms with Crippen LogP contribution in [-0.4, -0.2) is 30.2 Å². The van der Waals surface area contributed by atoms with Gasteiger partial charge in [-0.2, -0.15) is 0 Å². The Balaban J connectivity index is 1.73. The molecule has 0 aliphatic carbocycles. The lowest BCUT2D eigenvalue weighted by atomic mass is 9.99. The maximum absolute atomic E-state index is 5.82. The van der Waals surface area contributed by atoms with Gasteiger partial charge in [0.05, 0.1) is 7.11 Å². The molecule has 1 aliphatic heterocycles. The highest BCUT2D eigenvalue weighted by atomic mass is 16.5. The lowest BCUT2D eigenvalue weighted by molar-refractivity contribution is 0.407. The zero-order valence-corrected chi connectivity index (χ0v) is 13.0. The molecule has 116 valence electrons. The number of rotatable bonds is 4. The highest BCUT2D eigenvalue weighted by Gasteiger charge is 2.17. The van der Waals surface area contributed by atoms with Crippen molar-refractivity contribution in [2.24, 2.45) is 5.92 Å². The van der Waals surface area contributed by atoms with Gasteiger partial charge in [0.25, 0.3) is 0 Å². The number of benzene rings is 1. The van der Waals surface area contributed by atoms with Crippen LogP contribution < -0.4 is 14.4 Å². The van der Waals surface area contributed by atoms with Gasteiger partial charge >= 0.3 is 0 Å². The van der Waals surface area contributed by atoms with Crippen molar-refractivity contribution in [3.05, 3.63) is 36.7 Å². The highest BCUT2D eigenvalue weighted by molar-refractivity contribution is 5.43. The summed E-state index contributed by atoms with van der Waals surface area (Å²) in [7, 11) is 1.64. The molecule has 5 heteroatoms. The van der Waals surface area contributed by atoms with Crippen LogP contribution in [0.4, 0.5) is 5.82 Å². The normalized spacial score (nSPS) is 15.6. The van der Waals surface area contributed by atoms with Gasteiger partial charge in [0.15, 0.2) is 0 Å². The van der Waals surface area contributed by atoms with Crippen LogP contribution in [0.15, 0.2) is 36.7 Å². The first kappa shape index (κ1) is 14.6. The van der Waals surface area contributed by atoms with E-state index in [2.05, 4.69) is 21.8 Å². The largest absolute Gasteiger partial charge is 0.497 e. The predicted octanol–water partition coefficient (Wildman–Crippen LogP) is 3.51. The van der Waals surface area contributed by atoms with Gasteiger partial charge < -0.3 is 14.4 Å². The van der Waals surface area contributed by atoms with Crippen LogP contribution in [0.25, 0.3) is 0 Å². The van der Waals surface area contributed by atoms with Gasteiger partial charge in [0.1, 0.15) is 23.6 Å². The summed E-state index contributed by atoms with van der Waals surface area (Å²) < 4.78 is 11.0. The third-order valence-corrected chi connectivity index (χ3v) is 4.00. The SMILES string of the molecule is COc1cccc(Oc2cc(N3CCC(C)CC3)ncn2)c1. The molecule has 1 aromatic heterocycles. The zero-order valence-electron chi connectivity index (χ0n) is 13.0. The van der Waals surface area contributed by atoms with E-state index in [1.807, 2.05) is 30.3 Å². The van der Waals surface area contributed by atoms with Crippen LogP contribution in [0, 0.1) is 5.92 Å². The van der Waals surface area contributed by atoms with Gasteiger partial charge in [-0.05, 0) is 30.9 Å². The number of piperidine rings is 1. The first-order valence-electron chi connectivity index (χ1n) is 7.63. The molecule has 0 radical (unpaired) electrons. The van der Waals surface area contributed by atoms with Gasteiger partial charge in [-0.25, -0.2) is 9.97 Å². The summed E-state index contributed by atoms with van der Waals surface area (Å²) >= 11 is 0. The van der Waals surface area contributed by atoms with Crippen molar-refractivity contribution in [3.63, 3.8) is 0 Å². The van der Waals surface area contributed by atoms with Crippen LogP contribution in [0.3, 0.4) is 0 Å². The van der Waals surface area contributed by atoms with E-state index in [0.717, 1.165) is 30.6 Å². The van der Waals surface area contributed by atoms with Crippen molar-refractivity contribution in [3.8, 4) is 17.4 Å². The van der Waals surface area contributed by atoms with Crippen LogP contribution in [0.2, 0.25) is 0 Å². The molecule has 0 amide bonds. The molecule has 0 saturated carbocycles. The third-order valence-electron chi connectivity index (χ3n) is 4.00. The Morgan fingerprint density at radius 3 is 2.64 bits per heavy atom. The minimum absolute atomic E-state index is 0.553. The van der Waals surface area contributed by atoms with Gasteiger partial charge in [-0.15, -0.1) is 0 Å². The maximum atomic E-state index is 5.82. The fraction of sp³-hybridized carbons (Fsp3) is 0.412. The van der Waals surface area contributed by atoms with Crippen molar-refractivity contribution in [1.29, 1.82) is 0 Å². The van der Waals surface area contributed by atoms with E-state index in [1.54, 1.807) is 13.4 Å². The molecule has 1 saturated heterocycles. The summed E-state index contributed by atoms with van der Waals surface area (Å²) in [5.41, 5.74) is 0. The van der Waals surface area contributed by atoms with Crippen LogP contribution in [0.5, 0.6) is 17.4 Å². The van der Waals surface area contributed by atoms with E-state index >= 15 is 0 Å². The van der Waals surface area contributed by atoms with E-state index in [-0.39, 0.29) is 0 Å². The van der Waals surface area contributed by atoms with Crippen molar-refractivity contribution >= 4 is 5.82 Å². The van der Waals surface area contributed by atoms with Crippen LogP contribution >= 0.6 is 0 Å². The molecular formula is C17H21N3O2. The van der Waals surface area contributed by atoms with Crippen molar-refractivity contribution < 1.29 is 9.47 Å². The van der Waals surface area contributed by atoms with Gasteiger partial charge in [0, 0.05) is 25.2 Å². The number of ether oxygens (including phenoxy) is 2. The summed E-state index contributed by atoms with van der Waals surface area (Å²) in [4.78, 5) is 10.9. The lowest BCUT2D eigenvalue weighted by Crippen LogP contribution is -2.33. The minimum atomic E-state index is 0.553. The Kier molecular flexibility index (Phi) is 4.42. The van der Waals surface area contributed by atoms with Gasteiger partial charge in [-0.3, -0.25) is 0 Å². The molecule has 0 spiro atoms. The van der Waals surface area contributed by atoms with Crippen molar-refractivity contribution in [2.45, 2.75) is 19.8 Å². The summed E-state index contributed by atoms with van der Waals surface area (Å²) in [6.07, 6.45) is 3.97. The number of hydrogen-bond donors (Lipinski definition) is 0. The molecule has 5 nitrogen and oxygen atoms in total. The third kappa shape index (κ3) is 3.47. The van der Waals surface area contributed by atoms with Crippen LogP contribution in [0.1, 0.15) is 19.8 Å². The molecule has 0 N–H and O–H groups in total. The van der Waals surface area contributed by atoms with Crippen molar-refractivity contribution in [2.75, 3.05) is 25.1 Å². The average Bonchev–Trinajstić information content (AvgIpc) is 2.56. The number of nitrogens with zero attached hydrogens (tertiary/aromatic N) is 3. The smallest absolute Gasteiger partial charge is 0.224 e. The second-order valence-electron chi connectivity index (χ2n) is 5.67. The Bertz CT molecular complexity index is 625. The van der Waals surface area contributed by atoms with E-state index in [0.29, 0.717) is 11.6 Å². The maximum Gasteiger partial charge on any atom is 0.224 e. The van der Waals surface area contributed by atoms with E-state index in [1.165, 1.54) is 12.8 Å². The number of anilines is 1. The molecule has 22 heavy (non-hydrogen) atoms. The predicted molar refractivity (Wildman–Crippen MR) is 85.7 cm³/mol. The van der Waals surface area contributed by atoms with Gasteiger partial charge in [-0.1, -0.05) is 13.0 Å². The lowest BCUT2D eigenvalue weighted by Gasteiger charge is -2.31. The van der Waals surface area contributed by atoms with E-state index < -0.39 is 0 Å².